The van der Waals surface area contributed by atoms with Gasteiger partial charge in [0.1, 0.15) is 5.70 Å². The first-order chi connectivity index (χ1) is 8.22. The number of benzene rings is 1. The molecule has 3 nitrogen and oxygen atoms in total. The van der Waals surface area contributed by atoms with Crippen LogP contribution in [0.5, 0.6) is 0 Å². The Morgan fingerprint density at radius 2 is 2.12 bits per heavy atom. The van der Waals surface area contributed by atoms with Gasteiger partial charge in [-0.2, -0.15) is 0 Å². The number of nitrogens with zero attached hydrogens (tertiary/aromatic N) is 1. The van der Waals surface area contributed by atoms with Crippen molar-refractivity contribution in [2.24, 2.45) is 0 Å². The van der Waals surface area contributed by atoms with Crippen molar-refractivity contribution in [1.82, 2.24) is 10.2 Å². The Bertz CT molecular complexity index is 499. The van der Waals surface area contributed by atoms with Gasteiger partial charge in [-0.05, 0) is 23.9 Å². The monoisotopic (exact) mass is 246 g/mol. The van der Waals surface area contributed by atoms with Gasteiger partial charge in [0.05, 0.1) is 0 Å². The van der Waals surface area contributed by atoms with E-state index >= 15 is 0 Å². The summed E-state index contributed by atoms with van der Waals surface area (Å²) in [4.78, 5) is 13.5. The Labute approximate surface area is 107 Å². The van der Waals surface area contributed by atoms with E-state index in [9.17, 15) is 4.79 Å². The molecule has 17 heavy (non-hydrogen) atoms. The number of carbonyl (C=O) groups is 1. The van der Waals surface area contributed by atoms with Crippen LogP contribution in [-0.2, 0) is 4.79 Å². The first-order valence-electron chi connectivity index (χ1n) is 5.23. The highest BCUT2D eigenvalue weighted by molar-refractivity contribution is 7.80. The topological polar surface area (TPSA) is 32.3 Å². The Morgan fingerprint density at radius 1 is 1.41 bits per heavy atom. The molecule has 0 saturated carbocycles. The minimum Gasteiger partial charge on any atom is -0.328 e. The molecular weight excluding hydrogens is 232 g/mol. The molecule has 0 bridgehead atoms. The van der Waals surface area contributed by atoms with Crippen LogP contribution in [0.25, 0.3) is 6.08 Å². The van der Waals surface area contributed by atoms with Crippen molar-refractivity contribution in [3.05, 3.63) is 54.2 Å². The molecule has 4 heteroatoms. The van der Waals surface area contributed by atoms with E-state index in [1.165, 1.54) is 4.90 Å². The molecule has 0 spiro atoms. The number of carbonyl (C=O) groups excluding carboxylic acids is 1. The summed E-state index contributed by atoms with van der Waals surface area (Å²) in [5.74, 6) is -0.112. The number of rotatable bonds is 3. The van der Waals surface area contributed by atoms with Crippen LogP contribution in [0.2, 0.25) is 0 Å². The molecule has 1 aliphatic heterocycles. The quantitative estimate of drug-likeness (QED) is 0.504. The first kappa shape index (κ1) is 11.5. The second kappa shape index (κ2) is 4.93. The zero-order chi connectivity index (χ0) is 12.3. The van der Waals surface area contributed by atoms with Crippen molar-refractivity contribution in [2.75, 3.05) is 6.54 Å². The number of hydrogen-bond donors (Lipinski definition) is 1. The second-order valence-corrected chi connectivity index (χ2v) is 3.99. The fourth-order valence-corrected chi connectivity index (χ4v) is 1.85. The van der Waals surface area contributed by atoms with Crippen molar-refractivity contribution in [1.29, 1.82) is 0 Å². The van der Waals surface area contributed by atoms with E-state index in [0.29, 0.717) is 17.4 Å². The standard InChI is InChI=1S/C13H12N2OS.H2/c1-2-8-15-12(16)11(14-13(15)17)9-10-6-4-3-5-7-10;/h2-7,9H,1,8H2,(H,14,17);1H/b11-9-;. The van der Waals surface area contributed by atoms with Crippen LogP contribution in [0.3, 0.4) is 0 Å². The summed E-state index contributed by atoms with van der Waals surface area (Å²) in [7, 11) is 0. The highest BCUT2D eigenvalue weighted by Gasteiger charge is 2.29. The van der Waals surface area contributed by atoms with Crippen LogP contribution in [0.1, 0.15) is 6.99 Å². The van der Waals surface area contributed by atoms with E-state index in [1.807, 2.05) is 30.3 Å². The molecule has 88 valence electrons. The summed E-state index contributed by atoms with van der Waals surface area (Å²) in [5, 5.41) is 3.34. The van der Waals surface area contributed by atoms with Gasteiger partial charge >= 0.3 is 0 Å². The molecule has 0 aromatic heterocycles. The molecule has 0 aliphatic carbocycles. The highest BCUT2D eigenvalue weighted by Crippen LogP contribution is 2.13. The van der Waals surface area contributed by atoms with E-state index < -0.39 is 0 Å². The number of nitrogens with one attached hydrogen (secondary N) is 1. The van der Waals surface area contributed by atoms with Crippen molar-refractivity contribution >= 4 is 29.3 Å². The van der Waals surface area contributed by atoms with Crippen LogP contribution in [-0.4, -0.2) is 22.5 Å². The molecule has 1 N–H and O–H groups in total. The van der Waals surface area contributed by atoms with Crippen LogP contribution in [0.15, 0.2) is 48.7 Å². The van der Waals surface area contributed by atoms with Gasteiger partial charge in [0, 0.05) is 7.97 Å². The summed E-state index contributed by atoms with van der Waals surface area (Å²) in [6, 6.07) is 9.64. The van der Waals surface area contributed by atoms with Gasteiger partial charge in [0.15, 0.2) is 5.11 Å². The van der Waals surface area contributed by atoms with Gasteiger partial charge in [-0.15, -0.1) is 6.58 Å². The normalized spacial score (nSPS) is 17.4. The van der Waals surface area contributed by atoms with E-state index in [2.05, 4.69) is 11.9 Å². The molecule has 0 atom stereocenters. The van der Waals surface area contributed by atoms with Crippen LogP contribution in [0.4, 0.5) is 0 Å². The van der Waals surface area contributed by atoms with E-state index in [0.717, 1.165) is 5.56 Å². The smallest absolute Gasteiger partial charge is 0.276 e. The molecular formula is C13H14N2OS. The Balaban J connectivity index is 0.00000162. The summed E-state index contributed by atoms with van der Waals surface area (Å²) in [5.41, 5.74) is 1.47. The molecule has 1 aromatic carbocycles. The third-order valence-electron chi connectivity index (χ3n) is 2.38. The number of amides is 1. The predicted octanol–water partition coefficient (Wildman–Crippen LogP) is 2.18. The maximum atomic E-state index is 12.0. The van der Waals surface area contributed by atoms with E-state index in [-0.39, 0.29) is 7.33 Å². The van der Waals surface area contributed by atoms with Gasteiger partial charge in [-0.25, -0.2) is 0 Å². The van der Waals surface area contributed by atoms with Crippen molar-refractivity contribution in [2.45, 2.75) is 0 Å². The van der Waals surface area contributed by atoms with Gasteiger partial charge in [0.25, 0.3) is 5.91 Å². The zero-order valence-corrected chi connectivity index (χ0v) is 10.0. The highest BCUT2D eigenvalue weighted by atomic mass is 32.1. The van der Waals surface area contributed by atoms with Gasteiger partial charge < -0.3 is 5.32 Å². The SMILES string of the molecule is C=CCN1C(=O)/C(=C/c2ccccc2)NC1=S.[HH]. The summed E-state index contributed by atoms with van der Waals surface area (Å²) < 4.78 is 0. The van der Waals surface area contributed by atoms with E-state index in [4.69, 9.17) is 12.2 Å². The Kier molecular flexibility index (Phi) is 3.35. The Hall–Kier alpha value is -1.94. The molecule has 1 fully saturated rings. The zero-order valence-electron chi connectivity index (χ0n) is 9.22. The lowest BCUT2D eigenvalue weighted by Crippen LogP contribution is -2.30. The summed E-state index contributed by atoms with van der Waals surface area (Å²) in [6.45, 7) is 4.03. The minimum absolute atomic E-state index is 0. The molecule has 1 heterocycles. The van der Waals surface area contributed by atoms with Crippen LogP contribution >= 0.6 is 12.2 Å². The largest absolute Gasteiger partial charge is 0.328 e. The fourth-order valence-electron chi connectivity index (χ4n) is 1.58. The van der Waals surface area contributed by atoms with Crippen LogP contribution < -0.4 is 5.32 Å². The van der Waals surface area contributed by atoms with Gasteiger partial charge in [-0.1, -0.05) is 36.4 Å². The lowest BCUT2D eigenvalue weighted by Gasteiger charge is -2.09. The predicted molar refractivity (Wildman–Crippen MR) is 74.2 cm³/mol. The van der Waals surface area contributed by atoms with Gasteiger partial charge in [-0.3, -0.25) is 9.69 Å². The van der Waals surface area contributed by atoms with Crippen LogP contribution in [0, 0.1) is 0 Å². The molecule has 2 rings (SSSR count). The third-order valence-corrected chi connectivity index (χ3v) is 2.71. The fraction of sp³-hybridized carbons (Fsp3) is 0.0769. The second-order valence-electron chi connectivity index (χ2n) is 3.60. The van der Waals surface area contributed by atoms with Crippen molar-refractivity contribution < 1.29 is 6.22 Å². The third kappa shape index (κ3) is 2.42. The number of thiocarbonyl (C=S) groups is 1. The molecule has 1 saturated heterocycles. The molecule has 1 aliphatic rings. The minimum atomic E-state index is -0.112. The first-order valence-corrected chi connectivity index (χ1v) is 5.63. The average Bonchev–Trinajstić information content (AvgIpc) is 2.59. The lowest BCUT2D eigenvalue weighted by atomic mass is 10.2. The lowest BCUT2D eigenvalue weighted by molar-refractivity contribution is -0.122. The van der Waals surface area contributed by atoms with Gasteiger partial charge in [0.2, 0.25) is 0 Å². The van der Waals surface area contributed by atoms with E-state index in [1.54, 1.807) is 12.2 Å². The molecule has 1 amide bonds. The molecule has 1 aromatic rings. The maximum Gasteiger partial charge on any atom is 0.276 e. The Morgan fingerprint density at radius 3 is 2.76 bits per heavy atom. The van der Waals surface area contributed by atoms with Crippen molar-refractivity contribution in [3.63, 3.8) is 0 Å². The maximum absolute atomic E-state index is 12.0. The summed E-state index contributed by atoms with van der Waals surface area (Å²) in [6.07, 6.45) is 3.44. The molecule has 0 radical (unpaired) electrons. The average molecular weight is 246 g/mol. The number of hydrogen-bond acceptors (Lipinski definition) is 2. The van der Waals surface area contributed by atoms with Crippen molar-refractivity contribution in [3.8, 4) is 0 Å². The summed E-state index contributed by atoms with van der Waals surface area (Å²) >= 11 is 5.08. The molecule has 0 unspecified atom stereocenters.